The summed E-state index contributed by atoms with van der Waals surface area (Å²) in [7, 11) is 0. The van der Waals surface area contributed by atoms with Gasteiger partial charge in [-0.05, 0) is 20.3 Å². The average Bonchev–Trinajstić information content (AvgIpc) is 2.41. The first-order chi connectivity index (χ1) is 6.38. The van der Waals surface area contributed by atoms with E-state index in [1.165, 1.54) is 0 Å². The van der Waals surface area contributed by atoms with E-state index in [0.29, 0.717) is 13.0 Å². The highest BCUT2D eigenvalue weighted by Gasteiger charge is 2.71. The fraction of sp³-hybridized carbons (Fsp3) is 1.00. The number of hydrogen-bond donors (Lipinski definition) is 0. The Morgan fingerprint density at radius 2 is 2.00 bits per heavy atom. The Morgan fingerprint density at radius 3 is 2.36 bits per heavy atom. The topological polar surface area (TPSA) is 18.5 Å². The third-order valence-corrected chi connectivity index (χ3v) is 3.13. The molecule has 0 bridgehead atoms. The molecule has 0 radical (unpaired) electrons. The maximum atomic E-state index is 13.2. The van der Waals surface area contributed by atoms with Gasteiger partial charge in [0.05, 0.1) is 18.6 Å². The normalized spacial score (nSPS) is 43.9. The van der Waals surface area contributed by atoms with Crippen molar-refractivity contribution in [2.45, 2.75) is 45.0 Å². The summed E-state index contributed by atoms with van der Waals surface area (Å²) < 4.78 is 37.2. The molecule has 0 amide bonds. The van der Waals surface area contributed by atoms with Crippen LogP contribution in [-0.4, -0.2) is 24.4 Å². The van der Waals surface area contributed by atoms with Crippen molar-refractivity contribution in [3.05, 3.63) is 0 Å². The van der Waals surface area contributed by atoms with E-state index < -0.39 is 29.6 Å². The molecule has 2 rings (SSSR count). The Bertz CT molecular complexity index is 240. The summed E-state index contributed by atoms with van der Waals surface area (Å²) in [6.45, 7) is 5.60. The molecule has 1 saturated heterocycles. The van der Waals surface area contributed by atoms with E-state index >= 15 is 0 Å². The second-order valence-corrected chi connectivity index (χ2v) is 4.58. The molecule has 0 unspecified atom stereocenters. The zero-order chi connectivity index (χ0) is 10.6. The van der Waals surface area contributed by atoms with Crippen molar-refractivity contribution in [3.63, 3.8) is 0 Å². The van der Waals surface area contributed by atoms with Gasteiger partial charge in [-0.15, -0.1) is 0 Å². The van der Waals surface area contributed by atoms with Crippen molar-refractivity contribution in [1.82, 2.24) is 0 Å². The molecule has 4 heteroatoms. The number of alkyl halides is 2. The Labute approximate surface area is 82.6 Å². The molecule has 14 heavy (non-hydrogen) atoms. The minimum atomic E-state index is -2.54. The molecular formula is C10H16F2O2. The van der Waals surface area contributed by atoms with E-state index in [1.807, 2.05) is 0 Å². The Morgan fingerprint density at radius 1 is 1.36 bits per heavy atom. The van der Waals surface area contributed by atoms with Gasteiger partial charge in [0.25, 0.3) is 5.92 Å². The summed E-state index contributed by atoms with van der Waals surface area (Å²) in [5, 5.41) is 0. The molecule has 0 aromatic carbocycles. The van der Waals surface area contributed by atoms with Crippen molar-refractivity contribution in [3.8, 4) is 0 Å². The SMILES string of the molecule is CC[C@@H]1[C@@H]([C@H]2COC(C)(C)O2)C1(F)F. The van der Waals surface area contributed by atoms with Crippen LogP contribution in [0.5, 0.6) is 0 Å². The van der Waals surface area contributed by atoms with Crippen molar-refractivity contribution in [2.75, 3.05) is 6.61 Å². The molecule has 1 aliphatic carbocycles. The molecule has 2 aliphatic rings. The second kappa shape index (κ2) is 2.89. The standard InChI is InChI=1S/C10H16F2O2/c1-4-6-8(10(6,11)12)7-5-13-9(2,3)14-7/h6-8H,4-5H2,1-3H3/t6-,7-,8+/m1/s1. The van der Waals surface area contributed by atoms with Crippen molar-refractivity contribution in [2.24, 2.45) is 11.8 Å². The molecular weight excluding hydrogens is 190 g/mol. The van der Waals surface area contributed by atoms with E-state index in [2.05, 4.69) is 0 Å². The van der Waals surface area contributed by atoms with Gasteiger partial charge in [-0.2, -0.15) is 0 Å². The van der Waals surface area contributed by atoms with Crippen LogP contribution in [0.25, 0.3) is 0 Å². The van der Waals surface area contributed by atoms with Gasteiger partial charge in [0.2, 0.25) is 0 Å². The number of hydrogen-bond acceptors (Lipinski definition) is 2. The summed E-state index contributed by atoms with van der Waals surface area (Å²) in [5.74, 6) is -4.37. The minimum Gasteiger partial charge on any atom is -0.348 e. The average molecular weight is 206 g/mol. The summed E-state index contributed by atoms with van der Waals surface area (Å²) >= 11 is 0. The molecule has 1 aliphatic heterocycles. The maximum Gasteiger partial charge on any atom is 0.257 e. The third kappa shape index (κ3) is 1.44. The molecule has 1 heterocycles. The molecule has 0 spiro atoms. The van der Waals surface area contributed by atoms with Crippen molar-refractivity contribution >= 4 is 0 Å². The van der Waals surface area contributed by atoms with Gasteiger partial charge in [-0.25, -0.2) is 8.78 Å². The van der Waals surface area contributed by atoms with E-state index in [0.717, 1.165) is 0 Å². The van der Waals surface area contributed by atoms with Crippen LogP contribution in [0.1, 0.15) is 27.2 Å². The lowest BCUT2D eigenvalue weighted by molar-refractivity contribution is -0.143. The third-order valence-electron chi connectivity index (χ3n) is 3.13. The van der Waals surface area contributed by atoms with Crippen LogP contribution in [0.2, 0.25) is 0 Å². The summed E-state index contributed by atoms with van der Waals surface area (Å²) in [4.78, 5) is 0. The first-order valence-corrected chi connectivity index (χ1v) is 5.08. The largest absolute Gasteiger partial charge is 0.348 e. The van der Waals surface area contributed by atoms with Crippen LogP contribution in [-0.2, 0) is 9.47 Å². The van der Waals surface area contributed by atoms with Crippen LogP contribution in [0.15, 0.2) is 0 Å². The monoisotopic (exact) mass is 206 g/mol. The van der Waals surface area contributed by atoms with Gasteiger partial charge in [0, 0.05) is 5.92 Å². The quantitative estimate of drug-likeness (QED) is 0.690. The summed E-state index contributed by atoms with van der Waals surface area (Å²) in [6.07, 6.45) is 0.0859. The van der Waals surface area contributed by atoms with Gasteiger partial charge in [-0.1, -0.05) is 6.92 Å². The lowest BCUT2D eigenvalue weighted by atomic mass is 10.2. The molecule has 0 aromatic heterocycles. The molecule has 2 nitrogen and oxygen atoms in total. The molecule has 0 N–H and O–H groups in total. The maximum absolute atomic E-state index is 13.2. The highest BCUT2D eigenvalue weighted by Crippen LogP contribution is 2.60. The van der Waals surface area contributed by atoms with Crippen LogP contribution in [0, 0.1) is 11.8 Å². The molecule has 0 aromatic rings. The lowest BCUT2D eigenvalue weighted by Gasteiger charge is -2.16. The van der Waals surface area contributed by atoms with Crippen LogP contribution >= 0.6 is 0 Å². The van der Waals surface area contributed by atoms with Gasteiger partial charge in [0.1, 0.15) is 0 Å². The number of rotatable bonds is 2. The predicted molar refractivity (Wildman–Crippen MR) is 47.1 cm³/mol. The smallest absolute Gasteiger partial charge is 0.257 e. The molecule has 2 fully saturated rings. The highest BCUT2D eigenvalue weighted by atomic mass is 19.3. The Kier molecular flexibility index (Phi) is 2.13. The van der Waals surface area contributed by atoms with Crippen molar-refractivity contribution in [1.29, 1.82) is 0 Å². The lowest BCUT2D eigenvalue weighted by Crippen LogP contribution is -2.23. The van der Waals surface area contributed by atoms with Gasteiger partial charge in [-0.3, -0.25) is 0 Å². The van der Waals surface area contributed by atoms with Crippen LogP contribution < -0.4 is 0 Å². The van der Waals surface area contributed by atoms with E-state index in [1.54, 1.807) is 20.8 Å². The Hall–Kier alpha value is -0.220. The first-order valence-electron chi connectivity index (χ1n) is 5.08. The predicted octanol–water partition coefficient (Wildman–Crippen LogP) is 2.43. The highest BCUT2D eigenvalue weighted by molar-refractivity contribution is 5.09. The zero-order valence-corrected chi connectivity index (χ0v) is 8.72. The van der Waals surface area contributed by atoms with E-state index in [4.69, 9.17) is 9.47 Å². The van der Waals surface area contributed by atoms with E-state index in [-0.39, 0.29) is 0 Å². The fourth-order valence-corrected chi connectivity index (χ4v) is 2.34. The molecule has 1 saturated carbocycles. The molecule has 82 valence electrons. The first kappa shape index (κ1) is 10.3. The van der Waals surface area contributed by atoms with Gasteiger partial charge < -0.3 is 9.47 Å². The van der Waals surface area contributed by atoms with E-state index in [9.17, 15) is 8.78 Å². The number of ether oxygens (including phenoxy) is 2. The Balaban J connectivity index is 2.00. The molecule has 3 atom stereocenters. The van der Waals surface area contributed by atoms with Crippen LogP contribution in [0.4, 0.5) is 8.78 Å². The minimum absolute atomic E-state index is 0.295. The van der Waals surface area contributed by atoms with Gasteiger partial charge >= 0.3 is 0 Å². The second-order valence-electron chi connectivity index (χ2n) is 4.58. The fourth-order valence-electron chi connectivity index (χ4n) is 2.34. The van der Waals surface area contributed by atoms with Crippen LogP contribution in [0.3, 0.4) is 0 Å². The summed E-state index contributed by atoms with van der Waals surface area (Å²) in [6, 6.07) is 0. The van der Waals surface area contributed by atoms with Crippen molar-refractivity contribution < 1.29 is 18.3 Å². The number of halogens is 2. The zero-order valence-electron chi connectivity index (χ0n) is 8.72. The summed E-state index contributed by atoms with van der Waals surface area (Å²) in [5.41, 5.74) is 0. The van der Waals surface area contributed by atoms with Gasteiger partial charge in [0.15, 0.2) is 5.79 Å².